The molecule has 0 aliphatic carbocycles. The number of aromatic nitrogens is 2. The lowest BCUT2D eigenvalue weighted by Gasteiger charge is -2.09. The molecule has 0 bridgehead atoms. The topological polar surface area (TPSA) is 104 Å². The molecule has 26 heavy (non-hydrogen) atoms. The van der Waals surface area contributed by atoms with Crippen LogP contribution in [0, 0.1) is 0 Å². The maximum absolute atomic E-state index is 6.45. The highest BCUT2D eigenvalue weighted by atomic mass is 16.3. The van der Waals surface area contributed by atoms with E-state index in [9.17, 15) is 0 Å². The fraction of sp³-hybridized carbons (Fsp3) is 0. The van der Waals surface area contributed by atoms with Gasteiger partial charge in [0.15, 0.2) is 0 Å². The van der Waals surface area contributed by atoms with E-state index >= 15 is 0 Å². The van der Waals surface area contributed by atoms with Crippen molar-refractivity contribution >= 4 is 33.6 Å². The normalized spacial score (nSPS) is 11.4. The smallest absolute Gasteiger partial charge is 0.221 e. The van der Waals surface area contributed by atoms with E-state index in [1.165, 1.54) is 0 Å². The first kappa shape index (κ1) is 14.5. The molecule has 0 saturated heterocycles. The number of anilines is 2. The van der Waals surface area contributed by atoms with Gasteiger partial charge in [-0.25, -0.2) is 9.97 Å². The highest BCUT2D eigenvalue weighted by Gasteiger charge is 2.20. The Balaban J connectivity index is 1.79. The molecular weight excluding hydrogens is 328 g/mol. The van der Waals surface area contributed by atoms with E-state index in [2.05, 4.69) is 9.97 Å². The lowest BCUT2D eigenvalue weighted by molar-refractivity contribution is 0.617. The number of hydrogen-bond donors (Lipinski definition) is 2. The zero-order valence-electron chi connectivity index (χ0n) is 13.6. The molecule has 0 atom stereocenters. The van der Waals surface area contributed by atoms with Crippen molar-refractivity contribution in [3.63, 3.8) is 0 Å². The molecular formula is C20H14N4O2. The summed E-state index contributed by atoms with van der Waals surface area (Å²) in [5.74, 6) is 0.139. The Hall–Kier alpha value is -3.80. The lowest BCUT2D eigenvalue weighted by atomic mass is 10.0. The number of nitrogens with zero attached hydrogens (tertiary/aromatic N) is 2. The van der Waals surface area contributed by atoms with E-state index in [4.69, 9.17) is 20.3 Å². The van der Waals surface area contributed by atoms with Gasteiger partial charge in [-0.1, -0.05) is 36.4 Å². The minimum atomic E-state index is 0.139. The molecule has 5 rings (SSSR count). The molecule has 2 aromatic carbocycles. The number of fused-ring (bicyclic) bond motifs is 2. The van der Waals surface area contributed by atoms with Crippen LogP contribution in [-0.2, 0) is 0 Å². The number of nitrogens with two attached hydrogens (primary N) is 2. The van der Waals surface area contributed by atoms with E-state index in [0.717, 1.165) is 33.1 Å². The summed E-state index contributed by atoms with van der Waals surface area (Å²) in [6.45, 7) is 0. The van der Waals surface area contributed by atoms with Crippen LogP contribution in [0.3, 0.4) is 0 Å². The molecule has 0 spiro atoms. The van der Waals surface area contributed by atoms with Crippen LogP contribution in [0.4, 0.5) is 11.6 Å². The van der Waals surface area contributed by atoms with Gasteiger partial charge < -0.3 is 20.3 Å². The Morgan fingerprint density at radius 1 is 0.654 bits per heavy atom. The zero-order chi connectivity index (χ0) is 17.7. The standard InChI is InChI=1S/C20H14N4O2/c21-17-18(13-9-25-15-7-3-1-5-11(13)15)23-20(22)24-19(17)14-10-26-16-8-4-2-6-12(14)16/h1-10H,21H2,(H2,22,23,24). The second-order valence-electron chi connectivity index (χ2n) is 5.98. The minimum Gasteiger partial charge on any atom is -0.464 e. The first-order valence-electron chi connectivity index (χ1n) is 8.08. The van der Waals surface area contributed by atoms with Crippen LogP contribution in [0.25, 0.3) is 44.5 Å². The Kier molecular flexibility index (Phi) is 2.99. The molecule has 0 unspecified atom stereocenters. The van der Waals surface area contributed by atoms with Gasteiger partial charge in [-0.3, -0.25) is 0 Å². The molecule has 5 aromatic rings. The van der Waals surface area contributed by atoms with Gasteiger partial charge in [-0.05, 0) is 12.1 Å². The summed E-state index contributed by atoms with van der Waals surface area (Å²) in [6.07, 6.45) is 3.28. The number of para-hydroxylation sites is 2. The van der Waals surface area contributed by atoms with E-state index in [1.54, 1.807) is 12.5 Å². The molecule has 0 aliphatic heterocycles. The van der Waals surface area contributed by atoms with Crippen molar-refractivity contribution in [1.82, 2.24) is 9.97 Å². The van der Waals surface area contributed by atoms with Gasteiger partial charge in [-0.2, -0.15) is 0 Å². The van der Waals surface area contributed by atoms with Crippen molar-refractivity contribution in [3.05, 3.63) is 61.1 Å². The second-order valence-corrected chi connectivity index (χ2v) is 5.98. The molecule has 6 heteroatoms. The number of rotatable bonds is 2. The van der Waals surface area contributed by atoms with Crippen molar-refractivity contribution < 1.29 is 8.83 Å². The molecule has 3 heterocycles. The van der Waals surface area contributed by atoms with Crippen LogP contribution in [0.5, 0.6) is 0 Å². The number of furan rings is 2. The fourth-order valence-electron chi connectivity index (χ4n) is 3.22. The van der Waals surface area contributed by atoms with E-state index < -0.39 is 0 Å². The maximum Gasteiger partial charge on any atom is 0.221 e. The quantitative estimate of drug-likeness (QED) is 0.490. The van der Waals surface area contributed by atoms with Crippen molar-refractivity contribution in [1.29, 1.82) is 0 Å². The van der Waals surface area contributed by atoms with Gasteiger partial charge in [0.2, 0.25) is 5.95 Å². The summed E-state index contributed by atoms with van der Waals surface area (Å²) in [5.41, 5.74) is 17.0. The first-order valence-corrected chi connectivity index (χ1v) is 8.08. The van der Waals surface area contributed by atoms with E-state index in [-0.39, 0.29) is 5.95 Å². The van der Waals surface area contributed by atoms with Gasteiger partial charge in [0.25, 0.3) is 0 Å². The largest absolute Gasteiger partial charge is 0.464 e. The summed E-state index contributed by atoms with van der Waals surface area (Å²) in [6, 6.07) is 15.4. The molecule has 0 amide bonds. The van der Waals surface area contributed by atoms with Gasteiger partial charge in [-0.15, -0.1) is 0 Å². The third-order valence-electron chi connectivity index (χ3n) is 4.44. The summed E-state index contributed by atoms with van der Waals surface area (Å²) in [4.78, 5) is 8.73. The van der Waals surface area contributed by atoms with Gasteiger partial charge in [0, 0.05) is 21.9 Å². The Morgan fingerprint density at radius 2 is 1.12 bits per heavy atom. The highest BCUT2D eigenvalue weighted by Crippen LogP contribution is 2.39. The Labute approximate surface area is 148 Å². The predicted molar refractivity (Wildman–Crippen MR) is 101 cm³/mol. The van der Waals surface area contributed by atoms with Crippen LogP contribution >= 0.6 is 0 Å². The van der Waals surface area contributed by atoms with Crippen molar-refractivity contribution in [2.75, 3.05) is 11.5 Å². The third-order valence-corrected chi connectivity index (χ3v) is 4.44. The number of nitrogen functional groups attached to an aromatic ring is 2. The minimum absolute atomic E-state index is 0.139. The number of benzene rings is 2. The summed E-state index contributed by atoms with van der Waals surface area (Å²) in [5, 5.41) is 1.83. The Morgan fingerprint density at radius 3 is 1.62 bits per heavy atom. The van der Waals surface area contributed by atoms with Crippen molar-refractivity contribution in [2.24, 2.45) is 0 Å². The Bertz CT molecular complexity index is 1170. The summed E-state index contributed by atoms with van der Waals surface area (Å²) in [7, 11) is 0. The molecule has 0 aliphatic rings. The van der Waals surface area contributed by atoms with Crippen LogP contribution in [0.15, 0.2) is 69.9 Å². The third kappa shape index (κ3) is 2.05. The fourth-order valence-corrected chi connectivity index (χ4v) is 3.22. The molecule has 6 nitrogen and oxygen atoms in total. The molecule has 126 valence electrons. The molecule has 4 N–H and O–H groups in total. The predicted octanol–water partition coefficient (Wildman–Crippen LogP) is 4.47. The lowest BCUT2D eigenvalue weighted by Crippen LogP contribution is -2.04. The number of hydrogen-bond acceptors (Lipinski definition) is 6. The second kappa shape index (κ2) is 5.35. The maximum atomic E-state index is 6.45. The first-order chi connectivity index (χ1) is 12.7. The molecule has 3 aromatic heterocycles. The van der Waals surface area contributed by atoms with Crippen LogP contribution in [0.1, 0.15) is 0 Å². The molecule has 0 radical (unpaired) electrons. The van der Waals surface area contributed by atoms with E-state index in [0.29, 0.717) is 17.1 Å². The van der Waals surface area contributed by atoms with Crippen LogP contribution in [-0.4, -0.2) is 9.97 Å². The average Bonchev–Trinajstić information content (AvgIpc) is 3.28. The zero-order valence-corrected chi connectivity index (χ0v) is 13.6. The highest BCUT2D eigenvalue weighted by molar-refractivity contribution is 6.01. The SMILES string of the molecule is Nc1nc(-c2coc3ccccc23)c(N)c(-c2coc3ccccc23)n1. The average molecular weight is 342 g/mol. The van der Waals surface area contributed by atoms with Gasteiger partial charge in [0.05, 0.1) is 5.69 Å². The van der Waals surface area contributed by atoms with E-state index in [1.807, 2.05) is 48.5 Å². The summed E-state index contributed by atoms with van der Waals surface area (Å²) >= 11 is 0. The molecule has 0 saturated carbocycles. The monoisotopic (exact) mass is 342 g/mol. The van der Waals surface area contributed by atoms with Crippen LogP contribution in [0.2, 0.25) is 0 Å². The summed E-state index contributed by atoms with van der Waals surface area (Å²) < 4.78 is 11.2. The van der Waals surface area contributed by atoms with Crippen molar-refractivity contribution in [3.8, 4) is 22.5 Å². The van der Waals surface area contributed by atoms with Crippen molar-refractivity contribution in [2.45, 2.75) is 0 Å². The van der Waals surface area contributed by atoms with Crippen LogP contribution < -0.4 is 11.5 Å². The molecule has 0 fully saturated rings. The van der Waals surface area contributed by atoms with Gasteiger partial charge in [0.1, 0.15) is 35.1 Å². The van der Waals surface area contributed by atoms with Gasteiger partial charge >= 0.3 is 0 Å².